The van der Waals surface area contributed by atoms with Crippen molar-refractivity contribution in [2.45, 2.75) is 44.6 Å². The van der Waals surface area contributed by atoms with Crippen molar-refractivity contribution in [3.05, 3.63) is 38.7 Å². The Labute approximate surface area is 188 Å². The van der Waals surface area contributed by atoms with Gasteiger partial charge in [-0.2, -0.15) is 0 Å². The van der Waals surface area contributed by atoms with Gasteiger partial charge in [-0.15, -0.1) is 0 Å². The van der Waals surface area contributed by atoms with Crippen LogP contribution < -0.4 is 14.2 Å². The zero-order valence-corrected chi connectivity index (χ0v) is 19.5. The molecule has 0 unspecified atom stereocenters. The summed E-state index contributed by atoms with van der Waals surface area (Å²) in [4.78, 5) is 14.4. The van der Waals surface area contributed by atoms with Crippen LogP contribution in [0, 0.1) is 0 Å². The molecule has 0 aliphatic carbocycles. The molecule has 0 N–H and O–H groups in total. The molecule has 166 valence electrons. The quantitative estimate of drug-likeness (QED) is 0.239. The van der Waals surface area contributed by atoms with Crippen molar-refractivity contribution in [3.63, 3.8) is 0 Å². The Morgan fingerprint density at radius 1 is 1.23 bits per heavy atom. The molecule has 0 amide bonds. The number of methoxy groups -OCH3 is 3. The number of hydrogen-bond acceptors (Lipinski definition) is 7. The van der Waals surface area contributed by atoms with E-state index in [9.17, 15) is 4.79 Å². The first-order valence-corrected chi connectivity index (χ1v) is 10.4. The number of rotatable bonds is 6. The van der Waals surface area contributed by atoms with E-state index in [0.29, 0.717) is 23.7 Å². The van der Waals surface area contributed by atoms with Gasteiger partial charge in [-0.3, -0.25) is 4.79 Å². The van der Waals surface area contributed by atoms with Crippen LogP contribution in [-0.2, 0) is 14.3 Å². The predicted octanol–water partition coefficient (Wildman–Crippen LogP) is 5.09. The lowest BCUT2D eigenvalue weighted by molar-refractivity contribution is -0.171. The third-order valence-electron chi connectivity index (χ3n) is 5.31. The highest BCUT2D eigenvalue weighted by molar-refractivity contribution is 9.10. The summed E-state index contributed by atoms with van der Waals surface area (Å²) < 4.78 is 29.3. The van der Waals surface area contributed by atoms with E-state index in [2.05, 4.69) is 26.0 Å². The molecular formula is C21H24BrN3O6. The molecule has 0 spiro atoms. The van der Waals surface area contributed by atoms with Gasteiger partial charge >= 0.3 is 5.97 Å². The standard InChI is InChI=1S/C21H24BrN3O6/c1-10-19(31-11(2)26)15(24-25-23)9-16(30-10)12-6-7-13-18(21(12)29-5)17(27-3)8-14(22)20(13)28-4/h6-8,10,15-16,19H,9H2,1-5H3/t10-,15-,16-,19-/m1/s1. The first kappa shape index (κ1) is 23.0. The number of nitrogens with zero attached hydrogens (tertiary/aromatic N) is 3. The first-order chi connectivity index (χ1) is 14.9. The van der Waals surface area contributed by atoms with E-state index in [1.165, 1.54) is 6.92 Å². The van der Waals surface area contributed by atoms with E-state index in [1.807, 2.05) is 18.2 Å². The van der Waals surface area contributed by atoms with E-state index in [4.69, 9.17) is 29.2 Å². The molecule has 1 aliphatic rings. The lowest BCUT2D eigenvalue weighted by atomic mass is 9.90. The molecule has 0 radical (unpaired) electrons. The van der Waals surface area contributed by atoms with Gasteiger partial charge in [0.15, 0.2) is 0 Å². The van der Waals surface area contributed by atoms with Gasteiger partial charge in [-0.1, -0.05) is 11.2 Å². The fourth-order valence-electron chi connectivity index (χ4n) is 4.06. The van der Waals surface area contributed by atoms with Crippen LogP contribution in [0.5, 0.6) is 17.2 Å². The zero-order chi connectivity index (χ0) is 22.7. The molecular weight excluding hydrogens is 470 g/mol. The summed E-state index contributed by atoms with van der Waals surface area (Å²) in [7, 11) is 4.75. The van der Waals surface area contributed by atoms with Crippen molar-refractivity contribution in [1.82, 2.24) is 0 Å². The van der Waals surface area contributed by atoms with Gasteiger partial charge in [0.25, 0.3) is 0 Å². The minimum absolute atomic E-state index is 0.324. The van der Waals surface area contributed by atoms with Crippen LogP contribution in [0.25, 0.3) is 21.2 Å². The number of benzene rings is 2. The molecule has 1 heterocycles. The average molecular weight is 494 g/mol. The minimum Gasteiger partial charge on any atom is -0.496 e. The second-order valence-corrected chi connectivity index (χ2v) is 7.97. The summed E-state index contributed by atoms with van der Waals surface area (Å²) in [5.74, 6) is 1.38. The van der Waals surface area contributed by atoms with Crippen LogP contribution in [-0.4, -0.2) is 45.5 Å². The van der Waals surface area contributed by atoms with Crippen LogP contribution in [0.2, 0.25) is 0 Å². The normalized spacial score (nSPS) is 23.0. The van der Waals surface area contributed by atoms with Crippen molar-refractivity contribution in [2.24, 2.45) is 5.11 Å². The van der Waals surface area contributed by atoms with Gasteiger partial charge in [0, 0.05) is 22.8 Å². The molecule has 1 fully saturated rings. The molecule has 10 heteroatoms. The van der Waals surface area contributed by atoms with Gasteiger partial charge in [0.1, 0.15) is 23.4 Å². The van der Waals surface area contributed by atoms with Crippen molar-refractivity contribution in [2.75, 3.05) is 21.3 Å². The molecule has 0 aromatic heterocycles. The van der Waals surface area contributed by atoms with Crippen LogP contribution in [0.1, 0.15) is 31.9 Å². The van der Waals surface area contributed by atoms with Gasteiger partial charge in [-0.05, 0) is 46.9 Å². The fourth-order valence-corrected chi connectivity index (χ4v) is 4.64. The molecule has 2 aromatic carbocycles. The molecule has 9 nitrogen and oxygen atoms in total. The van der Waals surface area contributed by atoms with Gasteiger partial charge in [0.2, 0.25) is 0 Å². The summed E-state index contributed by atoms with van der Waals surface area (Å²) >= 11 is 3.51. The summed E-state index contributed by atoms with van der Waals surface area (Å²) in [6, 6.07) is 5.04. The molecule has 4 atom stereocenters. The maximum Gasteiger partial charge on any atom is 0.303 e. The molecule has 0 bridgehead atoms. The number of halogens is 1. The number of carbonyl (C=O) groups is 1. The maximum atomic E-state index is 11.5. The SMILES string of the molecule is COc1c(Br)cc(OC)c2c(OC)c([C@H]3C[C@@H](N=[N+]=[N-])[C@H](OC(C)=O)[C@@H](C)O3)ccc12. The largest absolute Gasteiger partial charge is 0.496 e. The highest BCUT2D eigenvalue weighted by atomic mass is 79.9. The monoisotopic (exact) mass is 493 g/mol. The Balaban J connectivity index is 2.13. The Bertz CT molecular complexity index is 1040. The number of ether oxygens (including phenoxy) is 5. The summed E-state index contributed by atoms with van der Waals surface area (Å²) in [5.41, 5.74) is 9.79. The van der Waals surface area contributed by atoms with Crippen molar-refractivity contribution >= 4 is 32.7 Å². The van der Waals surface area contributed by atoms with E-state index >= 15 is 0 Å². The molecule has 3 rings (SSSR count). The lowest BCUT2D eigenvalue weighted by Gasteiger charge is -2.38. The fraction of sp³-hybridized carbons (Fsp3) is 0.476. The highest BCUT2D eigenvalue weighted by Crippen LogP contribution is 2.48. The molecule has 1 saturated heterocycles. The van der Waals surface area contributed by atoms with Crippen LogP contribution in [0.4, 0.5) is 0 Å². The van der Waals surface area contributed by atoms with Crippen molar-refractivity contribution < 1.29 is 28.5 Å². The number of esters is 1. The number of fused-ring (bicyclic) bond motifs is 1. The Morgan fingerprint density at radius 2 is 1.94 bits per heavy atom. The molecule has 2 aromatic rings. The third kappa shape index (κ3) is 4.37. The Morgan fingerprint density at radius 3 is 2.52 bits per heavy atom. The minimum atomic E-state index is -0.665. The van der Waals surface area contributed by atoms with Crippen LogP contribution in [0.15, 0.2) is 27.8 Å². The number of azide groups is 1. The number of carbonyl (C=O) groups excluding carboxylic acids is 1. The highest BCUT2D eigenvalue weighted by Gasteiger charge is 2.40. The molecule has 1 aliphatic heterocycles. The smallest absolute Gasteiger partial charge is 0.303 e. The average Bonchev–Trinajstić information content (AvgIpc) is 2.74. The lowest BCUT2D eigenvalue weighted by Crippen LogP contribution is -2.45. The Kier molecular flexibility index (Phi) is 7.15. The zero-order valence-electron chi connectivity index (χ0n) is 17.9. The third-order valence-corrected chi connectivity index (χ3v) is 5.90. The maximum absolute atomic E-state index is 11.5. The second kappa shape index (κ2) is 9.64. The van der Waals surface area contributed by atoms with E-state index in [1.54, 1.807) is 28.3 Å². The first-order valence-electron chi connectivity index (χ1n) is 9.64. The van der Waals surface area contributed by atoms with E-state index < -0.39 is 30.3 Å². The summed E-state index contributed by atoms with van der Waals surface area (Å²) in [6.07, 6.45) is -1.28. The van der Waals surface area contributed by atoms with Crippen LogP contribution in [0.3, 0.4) is 0 Å². The van der Waals surface area contributed by atoms with Gasteiger partial charge in [-0.25, -0.2) is 0 Å². The van der Waals surface area contributed by atoms with E-state index in [0.717, 1.165) is 20.8 Å². The Hall–Kier alpha value is -2.68. The van der Waals surface area contributed by atoms with Gasteiger partial charge in [0.05, 0.1) is 49.4 Å². The second-order valence-electron chi connectivity index (χ2n) is 7.12. The number of hydrogen-bond donors (Lipinski definition) is 0. The van der Waals surface area contributed by atoms with E-state index in [-0.39, 0.29) is 0 Å². The summed E-state index contributed by atoms with van der Waals surface area (Å²) in [5, 5.41) is 5.41. The molecule has 0 saturated carbocycles. The molecule has 31 heavy (non-hydrogen) atoms. The van der Waals surface area contributed by atoms with Crippen LogP contribution >= 0.6 is 15.9 Å². The topological polar surface area (TPSA) is 112 Å². The van der Waals surface area contributed by atoms with Crippen molar-refractivity contribution in [3.8, 4) is 17.2 Å². The van der Waals surface area contributed by atoms with Crippen molar-refractivity contribution in [1.29, 1.82) is 0 Å². The summed E-state index contributed by atoms with van der Waals surface area (Å²) in [6.45, 7) is 3.10. The van der Waals surface area contributed by atoms with Gasteiger partial charge < -0.3 is 23.7 Å². The predicted molar refractivity (Wildman–Crippen MR) is 118 cm³/mol.